The lowest BCUT2D eigenvalue weighted by Crippen LogP contribution is -2.55. The van der Waals surface area contributed by atoms with E-state index >= 15 is 0 Å². The Labute approximate surface area is 120 Å². The van der Waals surface area contributed by atoms with E-state index in [1.54, 1.807) is 6.33 Å². The second kappa shape index (κ2) is 7.68. The van der Waals surface area contributed by atoms with Gasteiger partial charge in [-0.05, 0) is 19.9 Å². The summed E-state index contributed by atoms with van der Waals surface area (Å²) in [4.78, 5) is 6.75. The average Bonchev–Trinajstić information content (AvgIpc) is 2.92. The number of nitrogens with zero attached hydrogens (tertiary/aromatic N) is 4. The third-order valence-corrected chi connectivity index (χ3v) is 3.78. The molecule has 1 saturated heterocycles. The molecule has 0 aliphatic carbocycles. The first-order valence-corrected chi connectivity index (χ1v) is 7.45. The van der Waals surface area contributed by atoms with Crippen molar-refractivity contribution in [1.82, 2.24) is 25.1 Å². The van der Waals surface area contributed by atoms with Gasteiger partial charge in [0.1, 0.15) is 12.2 Å². The van der Waals surface area contributed by atoms with Gasteiger partial charge < -0.3 is 4.74 Å². The lowest BCUT2D eigenvalue weighted by atomic mass is 10.1. The van der Waals surface area contributed by atoms with E-state index in [1.807, 2.05) is 4.68 Å². The summed E-state index contributed by atoms with van der Waals surface area (Å²) in [5.74, 6) is 6.68. The first-order chi connectivity index (χ1) is 9.78. The third-order valence-electron chi connectivity index (χ3n) is 3.78. The van der Waals surface area contributed by atoms with Crippen molar-refractivity contribution in [3.8, 4) is 0 Å². The molecule has 7 nitrogen and oxygen atoms in total. The molecule has 0 bridgehead atoms. The zero-order chi connectivity index (χ0) is 14.4. The molecule has 2 heterocycles. The number of nitrogens with one attached hydrogen (secondary N) is 1. The van der Waals surface area contributed by atoms with Crippen molar-refractivity contribution in [2.75, 3.05) is 26.2 Å². The predicted molar refractivity (Wildman–Crippen MR) is 77.0 cm³/mol. The van der Waals surface area contributed by atoms with Crippen LogP contribution in [0.4, 0.5) is 0 Å². The van der Waals surface area contributed by atoms with E-state index in [0.717, 1.165) is 51.5 Å². The van der Waals surface area contributed by atoms with Crippen LogP contribution in [-0.4, -0.2) is 58.1 Å². The van der Waals surface area contributed by atoms with Crippen molar-refractivity contribution >= 4 is 0 Å². The number of ether oxygens (including phenoxy) is 1. The SMILES string of the molecule is CCCN1CCOC(C(Cc2ncnn2CC)NN)C1. The maximum Gasteiger partial charge on any atom is 0.138 e. The number of hydrazine groups is 1. The second-order valence-electron chi connectivity index (χ2n) is 5.18. The third kappa shape index (κ3) is 3.76. The minimum Gasteiger partial charge on any atom is -0.374 e. The molecule has 1 aliphatic rings. The standard InChI is InChI=1S/C13H26N6O/c1-3-5-18-6-7-20-12(9-18)11(17-14)8-13-15-10-16-19(13)4-2/h10-12,17H,3-9,14H2,1-2H3. The van der Waals surface area contributed by atoms with Crippen molar-refractivity contribution in [2.45, 2.75) is 45.4 Å². The molecule has 0 radical (unpaired) electrons. The Balaban J connectivity index is 1.97. The quantitative estimate of drug-likeness (QED) is 0.532. The molecule has 1 aliphatic heterocycles. The van der Waals surface area contributed by atoms with E-state index in [2.05, 4.69) is 34.3 Å². The molecule has 2 unspecified atom stereocenters. The maximum absolute atomic E-state index is 5.89. The van der Waals surface area contributed by atoms with Gasteiger partial charge in [-0.1, -0.05) is 6.92 Å². The molecule has 2 atom stereocenters. The number of nitrogens with two attached hydrogens (primary N) is 1. The van der Waals surface area contributed by atoms with Crippen LogP contribution in [0.3, 0.4) is 0 Å². The number of aryl methyl sites for hydroxylation is 1. The van der Waals surface area contributed by atoms with Crippen LogP contribution >= 0.6 is 0 Å². The first kappa shape index (κ1) is 15.4. The Kier molecular flexibility index (Phi) is 5.90. The van der Waals surface area contributed by atoms with Crippen molar-refractivity contribution in [3.05, 3.63) is 12.2 Å². The molecule has 1 aromatic rings. The Morgan fingerprint density at radius 2 is 2.40 bits per heavy atom. The van der Waals surface area contributed by atoms with Gasteiger partial charge in [0.25, 0.3) is 0 Å². The van der Waals surface area contributed by atoms with Gasteiger partial charge in [0, 0.05) is 26.1 Å². The molecule has 0 spiro atoms. The lowest BCUT2D eigenvalue weighted by Gasteiger charge is -2.36. The van der Waals surface area contributed by atoms with Gasteiger partial charge in [0.2, 0.25) is 0 Å². The van der Waals surface area contributed by atoms with Crippen LogP contribution in [0.15, 0.2) is 6.33 Å². The molecule has 7 heteroatoms. The highest BCUT2D eigenvalue weighted by Crippen LogP contribution is 2.12. The number of aromatic nitrogens is 3. The molecule has 3 N–H and O–H groups in total. The van der Waals surface area contributed by atoms with Gasteiger partial charge in [-0.15, -0.1) is 0 Å². The van der Waals surface area contributed by atoms with E-state index in [0.29, 0.717) is 0 Å². The fraction of sp³-hybridized carbons (Fsp3) is 0.846. The molecule has 114 valence electrons. The van der Waals surface area contributed by atoms with E-state index in [9.17, 15) is 0 Å². The predicted octanol–water partition coefficient (Wildman–Crippen LogP) is -0.217. The summed E-state index contributed by atoms with van der Waals surface area (Å²) in [6.45, 7) is 8.89. The van der Waals surface area contributed by atoms with Gasteiger partial charge in [0.05, 0.1) is 18.8 Å². The van der Waals surface area contributed by atoms with E-state index in [1.165, 1.54) is 0 Å². The lowest BCUT2D eigenvalue weighted by molar-refractivity contribution is -0.0466. The van der Waals surface area contributed by atoms with Crippen LogP contribution in [0.1, 0.15) is 26.1 Å². The van der Waals surface area contributed by atoms with Gasteiger partial charge in [-0.25, -0.2) is 4.98 Å². The van der Waals surface area contributed by atoms with E-state index in [-0.39, 0.29) is 12.1 Å². The van der Waals surface area contributed by atoms with Gasteiger partial charge in [-0.2, -0.15) is 5.10 Å². The molecule has 1 aromatic heterocycles. The fourth-order valence-corrected chi connectivity index (χ4v) is 2.70. The van der Waals surface area contributed by atoms with Crippen molar-refractivity contribution in [1.29, 1.82) is 0 Å². The fourth-order valence-electron chi connectivity index (χ4n) is 2.70. The van der Waals surface area contributed by atoms with Crippen LogP contribution < -0.4 is 11.3 Å². The van der Waals surface area contributed by atoms with Crippen LogP contribution in [0.5, 0.6) is 0 Å². The van der Waals surface area contributed by atoms with Gasteiger partial charge in [0.15, 0.2) is 0 Å². The maximum atomic E-state index is 5.89. The highest BCUT2D eigenvalue weighted by Gasteiger charge is 2.28. The minimum absolute atomic E-state index is 0.0594. The normalized spacial score (nSPS) is 22.1. The van der Waals surface area contributed by atoms with Crippen LogP contribution in [0.2, 0.25) is 0 Å². The summed E-state index contributed by atoms with van der Waals surface area (Å²) in [5, 5.41) is 4.20. The van der Waals surface area contributed by atoms with Crippen LogP contribution in [0.25, 0.3) is 0 Å². The number of hydrogen-bond donors (Lipinski definition) is 2. The second-order valence-corrected chi connectivity index (χ2v) is 5.18. The van der Waals surface area contributed by atoms with Crippen molar-refractivity contribution in [2.24, 2.45) is 5.84 Å². The van der Waals surface area contributed by atoms with E-state index < -0.39 is 0 Å². The zero-order valence-electron chi connectivity index (χ0n) is 12.5. The summed E-state index contributed by atoms with van der Waals surface area (Å²) in [6, 6.07) is 0.0594. The Hall–Kier alpha value is -1.02. The Morgan fingerprint density at radius 3 is 3.10 bits per heavy atom. The largest absolute Gasteiger partial charge is 0.374 e. The monoisotopic (exact) mass is 282 g/mol. The molecule has 0 amide bonds. The van der Waals surface area contributed by atoms with Crippen LogP contribution in [-0.2, 0) is 17.7 Å². The Bertz CT molecular complexity index is 394. The molecule has 1 fully saturated rings. The van der Waals surface area contributed by atoms with Crippen LogP contribution in [0, 0.1) is 0 Å². The molecule has 0 saturated carbocycles. The molecule has 20 heavy (non-hydrogen) atoms. The zero-order valence-corrected chi connectivity index (χ0v) is 12.5. The smallest absolute Gasteiger partial charge is 0.138 e. The summed E-state index contributed by atoms with van der Waals surface area (Å²) < 4.78 is 7.79. The summed E-state index contributed by atoms with van der Waals surface area (Å²) >= 11 is 0. The molecule has 2 rings (SSSR count). The molecular formula is C13H26N6O. The summed E-state index contributed by atoms with van der Waals surface area (Å²) in [5.41, 5.74) is 2.89. The highest BCUT2D eigenvalue weighted by atomic mass is 16.5. The van der Waals surface area contributed by atoms with Gasteiger partial charge in [-0.3, -0.25) is 20.9 Å². The van der Waals surface area contributed by atoms with Crippen molar-refractivity contribution < 1.29 is 4.74 Å². The summed E-state index contributed by atoms with van der Waals surface area (Å²) in [6.07, 6.45) is 3.59. The summed E-state index contributed by atoms with van der Waals surface area (Å²) in [7, 11) is 0. The molecular weight excluding hydrogens is 256 g/mol. The van der Waals surface area contributed by atoms with Crippen molar-refractivity contribution in [3.63, 3.8) is 0 Å². The van der Waals surface area contributed by atoms with E-state index in [4.69, 9.17) is 10.6 Å². The number of hydrogen-bond acceptors (Lipinski definition) is 6. The topological polar surface area (TPSA) is 81.2 Å². The highest BCUT2D eigenvalue weighted by molar-refractivity contribution is 4.93. The Morgan fingerprint density at radius 1 is 1.55 bits per heavy atom. The number of morpholine rings is 1. The van der Waals surface area contributed by atoms with Gasteiger partial charge >= 0.3 is 0 Å². The minimum atomic E-state index is 0.0594. The number of rotatable bonds is 7. The average molecular weight is 282 g/mol. The molecule has 0 aromatic carbocycles. The first-order valence-electron chi connectivity index (χ1n) is 7.45.